The Balaban J connectivity index is 2.03. The molecule has 1 aliphatic heterocycles. The monoisotopic (exact) mass is 253 g/mol. The van der Waals surface area contributed by atoms with E-state index in [2.05, 4.69) is 11.8 Å². The van der Waals surface area contributed by atoms with Crippen molar-refractivity contribution in [3.05, 3.63) is 0 Å². The van der Waals surface area contributed by atoms with E-state index in [1.54, 1.807) is 0 Å². The maximum atomic E-state index is 12.7. The SMILES string of the molecule is CCC(C(=O)C1(O)CCCCC1)N1CCCCC1. The molecule has 0 spiro atoms. The van der Waals surface area contributed by atoms with Crippen molar-refractivity contribution in [1.82, 2.24) is 4.90 Å². The third kappa shape index (κ3) is 2.94. The third-order valence-electron chi connectivity index (χ3n) is 4.66. The van der Waals surface area contributed by atoms with Gasteiger partial charge < -0.3 is 5.11 Å². The number of ketones is 1. The lowest BCUT2D eigenvalue weighted by Crippen LogP contribution is -2.53. The van der Waals surface area contributed by atoms with Gasteiger partial charge in [-0.25, -0.2) is 0 Å². The predicted molar refractivity (Wildman–Crippen MR) is 72.5 cm³/mol. The second kappa shape index (κ2) is 6.16. The van der Waals surface area contributed by atoms with Crippen molar-refractivity contribution in [2.45, 2.75) is 76.4 Å². The number of piperidine rings is 1. The van der Waals surface area contributed by atoms with Gasteiger partial charge in [-0.1, -0.05) is 32.6 Å². The molecule has 0 bridgehead atoms. The maximum absolute atomic E-state index is 12.7. The molecule has 104 valence electrons. The van der Waals surface area contributed by atoms with Crippen LogP contribution in [0.4, 0.5) is 0 Å². The molecule has 0 aromatic carbocycles. The van der Waals surface area contributed by atoms with E-state index in [-0.39, 0.29) is 11.8 Å². The largest absolute Gasteiger partial charge is 0.382 e. The van der Waals surface area contributed by atoms with E-state index >= 15 is 0 Å². The van der Waals surface area contributed by atoms with Crippen LogP contribution in [-0.4, -0.2) is 40.5 Å². The number of rotatable bonds is 4. The lowest BCUT2D eigenvalue weighted by Gasteiger charge is -2.39. The maximum Gasteiger partial charge on any atom is 0.181 e. The zero-order chi connectivity index (χ0) is 13.0. The van der Waals surface area contributed by atoms with E-state index in [0.29, 0.717) is 12.8 Å². The smallest absolute Gasteiger partial charge is 0.181 e. The van der Waals surface area contributed by atoms with Crippen LogP contribution in [0, 0.1) is 0 Å². The number of carbonyl (C=O) groups excluding carboxylic acids is 1. The number of nitrogens with zero attached hydrogens (tertiary/aromatic N) is 1. The Morgan fingerprint density at radius 1 is 1.11 bits per heavy atom. The quantitative estimate of drug-likeness (QED) is 0.837. The minimum absolute atomic E-state index is 0.0478. The van der Waals surface area contributed by atoms with Crippen LogP contribution in [0.15, 0.2) is 0 Å². The van der Waals surface area contributed by atoms with Gasteiger partial charge >= 0.3 is 0 Å². The van der Waals surface area contributed by atoms with Crippen LogP contribution in [0.3, 0.4) is 0 Å². The summed E-state index contributed by atoms with van der Waals surface area (Å²) in [6.45, 7) is 4.13. The van der Waals surface area contributed by atoms with Crippen molar-refractivity contribution >= 4 is 5.78 Å². The van der Waals surface area contributed by atoms with Crippen molar-refractivity contribution < 1.29 is 9.90 Å². The van der Waals surface area contributed by atoms with Gasteiger partial charge in [0.15, 0.2) is 5.78 Å². The first-order chi connectivity index (χ1) is 8.67. The Bertz CT molecular complexity index is 278. The van der Waals surface area contributed by atoms with Gasteiger partial charge in [-0.3, -0.25) is 9.69 Å². The highest BCUT2D eigenvalue weighted by atomic mass is 16.3. The van der Waals surface area contributed by atoms with Crippen LogP contribution in [-0.2, 0) is 4.79 Å². The van der Waals surface area contributed by atoms with Gasteiger partial charge in [0.1, 0.15) is 5.60 Å². The highest BCUT2D eigenvalue weighted by Crippen LogP contribution is 2.31. The van der Waals surface area contributed by atoms with Crippen LogP contribution in [0.2, 0.25) is 0 Å². The number of hydrogen-bond donors (Lipinski definition) is 1. The minimum atomic E-state index is -1.02. The van der Waals surface area contributed by atoms with Gasteiger partial charge in [0, 0.05) is 0 Å². The van der Waals surface area contributed by atoms with E-state index in [9.17, 15) is 9.90 Å². The van der Waals surface area contributed by atoms with Gasteiger partial charge in [-0.05, 0) is 45.2 Å². The first-order valence-electron chi connectivity index (χ1n) is 7.68. The highest BCUT2D eigenvalue weighted by molar-refractivity contribution is 5.91. The number of likely N-dealkylation sites (tertiary alicyclic amines) is 1. The fourth-order valence-corrected chi connectivity index (χ4v) is 3.53. The topological polar surface area (TPSA) is 40.5 Å². The predicted octanol–water partition coefficient (Wildman–Crippen LogP) is 2.52. The molecule has 1 unspecified atom stereocenters. The van der Waals surface area contributed by atoms with Crippen molar-refractivity contribution in [3.63, 3.8) is 0 Å². The van der Waals surface area contributed by atoms with Gasteiger partial charge in [-0.2, -0.15) is 0 Å². The standard InChI is InChI=1S/C15H27NO2/c1-2-13(16-11-7-4-8-12-16)14(17)15(18)9-5-3-6-10-15/h13,18H,2-12H2,1H3. The molecule has 2 rings (SSSR count). The van der Waals surface area contributed by atoms with E-state index in [1.165, 1.54) is 19.3 Å². The van der Waals surface area contributed by atoms with Gasteiger partial charge in [0.05, 0.1) is 6.04 Å². The molecule has 1 aliphatic carbocycles. The Morgan fingerprint density at radius 3 is 2.22 bits per heavy atom. The number of Topliss-reactive ketones (excluding diaryl/α,β-unsaturated/α-hetero) is 1. The van der Waals surface area contributed by atoms with Crippen LogP contribution >= 0.6 is 0 Å². The van der Waals surface area contributed by atoms with Crippen LogP contribution < -0.4 is 0 Å². The van der Waals surface area contributed by atoms with Crippen LogP contribution in [0.5, 0.6) is 0 Å². The summed E-state index contributed by atoms with van der Waals surface area (Å²) in [5, 5.41) is 10.6. The lowest BCUT2D eigenvalue weighted by atomic mass is 9.78. The normalized spacial score (nSPS) is 26.8. The average molecular weight is 253 g/mol. The number of hydrogen-bond acceptors (Lipinski definition) is 3. The Labute approximate surface area is 111 Å². The Morgan fingerprint density at radius 2 is 1.67 bits per heavy atom. The molecule has 1 saturated heterocycles. The zero-order valence-electron chi connectivity index (χ0n) is 11.7. The molecule has 1 atom stereocenters. The first kappa shape index (κ1) is 14.0. The summed E-state index contributed by atoms with van der Waals surface area (Å²) in [6, 6.07) is -0.0478. The zero-order valence-corrected chi connectivity index (χ0v) is 11.7. The molecule has 1 saturated carbocycles. The first-order valence-corrected chi connectivity index (χ1v) is 7.68. The molecular weight excluding hydrogens is 226 g/mol. The molecule has 0 aromatic heterocycles. The van der Waals surface area contributed by atoms with Gasteiger partial charge in [0.25, 0.3) is 0 Å². The van der Waals surface area contributed by atoms with Crippen molar-refractivity contribution in [2.24, 2.45) is 0 Å². The van der Waals surface area contributed by atoms with Crippen molar-refractivity contribution in [2.75, 3.05) is 13.1 Å². The third-order valence-corrected chi connectivity index (χ3v) is 4.66. The fraction of sp³-hybridized carbons (Fsp3) is 0.933. The summed E-state index contributed by atoms with van der Waals surface area (Å²) in [5.74, 6) is 0.103. The highest BCUT2D eigenvalue weighted by Gasteiger charge is 2.42. The van der Waals surface area contributed by atoms with E-state index in [0.717, 1.165) is 38.8 Å². The van der Waals surface area contributed by atoms with Crippen LogP contribution in [0.1, 0.15) is 64.7 Å². The summed E-state index contributed by atoms with van der Waals surface area (Å²) < 4.78 is 0. The molecule has 18 heavy (non-hydrogen) atoms. The van der Waals surface area contributed by atoms with Gasteiger partial charge in [0.2, 0.25) is 0 Å². The molecule has 2 aliphatic rings. The summed E-state index contributed by atoms with van der Waals surface area (Å²) in [5.41, 5.74) is -1.02. The van der Waals surface area contributed by atoms with Gasteiger partial charge in [-0.15, -0.1) is 0 Å². The summed E-state index contributed by atoms with van der Waals surface area (Å²) in [6.07, 6.45) is 9.02. The Kier molecular flexibility index (Phi) is 4.79. The lowest BCUT2D eigenvalue weighted by molar-refractivity contribution is -0.147. The molecule has 3 nitrogen and oxygen atoms in total. The van der Waals surface area contributed by atoms with Crippen molar-refractivity contribution in [1.29, 1.82) is 0 Å². The summed E-state index contributed by atoms with van der Waals surface area (Å²) >= 11 is 0. The molecule has 3 heteroatoms. The second-order valence-corrected chi connectivity index (χ2v) is 5.98. The number of aliphatic hydroxyl groups is 1. The fourth-order valence-electron chi connectivity index (χ4n) is 3.53. The molecular formula is C15H27NO2. The second-order valence-electron chi connectivity index (χ2n) is 5.98. The molecule has 1 N–H and O–H groups in total. The van der Waals surface area contributed by atoms with Crippen molar-refractivity contribution in [3.8, 4) is 0 Å². The molecule has 0 amide bonds. The molecule has 2 fully saturated rings. The summed E-state index contributed by atoms with van der Waals surface area (Å²) in [4.78, 5) is 15.0. The average Bonchev–Trinajstić information content (AvgIpc) is 2.41. The van der Waals surface area contributed by atoms with E-state index in [1.807, 2.05) is 0 Å². The van der Waals surface area contributed by atoms with E-state index in [4.69, 9.17) is 0 Å². The van der Waals surface area contributed by atoms with Crippen LogP contribution in [0.25, 0.3) is 0 Å². The minimum Gasteiger partial charge on any atom is -0.382 e. The molecule has 0 radical (unpaired) electrons. The molecule has 1 heterocycles. The number of carbonyl (C=O) groups is 1. The molecule has 0 aromatic rings. The Hall–Kier alpha value is -0.410. The van der Waals surface area contributed by atoms with E-state index < -0.39 is 5.60 Å². The summed E-state index contributed by atoms with van der Waals surface area (Å²) in [7, 11) is 0.